The third-order valence-electron chi connectivity index (χ3n) is 8.74. The van der Waals surface area contributed by atoms with E-state index >= 15 is 4.39 Å². The van der Waals surface area contributed by atoms with Crippen molar-refractivity contribution in [2.24, 2.45) is 11.3 Å². The molecule has 0 radical (unpaired) electrons. The topological polar surface area (TPSA) is 55.8 Å². The molecule has 206 valence electrons. The predicted molar refractivity (Wildman–Crippen MR) is 152 cm³/mol. The number of hydrogen-bond donors (Lipinski definition) is 1. The lowest BCUT2D eigenvalue weighted by Crippen LogP contribution is -2.26. The van der Waals surface area contributed by atoms with Crippen molar-refractivity contribution < 1.29 is 23.8 Å². The van der Waals surface area contributed by atoms with E-state index in [1.54, 1.807) is 19.2 Å². The smallest absolute Gasteiger partial charge is 0.303 e. The van der Waals surface area contributed by atoms with Gasteiger partial charge in [0.2, 0.25) is 0 Å². The third-order valence-corrected chi connectivity index (χ3v) is 8.74. The molecule has 0 unspecified atom stereocenters. The molecular formula is C34H39FO4. The van der Waals surface area contributed by atoms with E-state index < -0.39 is 5.97 Å². The van der Waals surface area contributed by atoms with Crippen molar-refractivity contribution >= 4 is 5.97 Å². The van der Waals surface area contributed by atoms with Gasteiger partial charge in [0.25, 0.3) is 0 Å². The Bertz CT molecular complexity index is 1330. The number of benzene rings is 3. The van der Waals surface area contributed by atoms with E-state index in [-0.39, 0.29) is 23.6 Å². The van der Waals surface area contributed by atoms with Crippen LogP contribution in [0.25, 0.3) is 11.1 Å². The first-order valence-corrected chi connectivity index (χ1v) is 14.2. The fourth-order valence-electron chi connectivity index (χ4n) is 6.39. The Morgan fingerprint density at radius 3 is 2.54 bits per heavy atom. The first kappa shape index (κ1) is 27.2. The molecule has 0 spiro atoms. The van der Waals surface area contributed by atoms with Crippen LogP contribution in [0.5, 0.6) is 11.5 Å². The maximum Gasteiger partial charge on any atom is 0.303 e. The number of ether oxygens (including phenoxy) is 2. The van der Waals surface area contributed by atoms with Crippen LogP contribution < -0.4 is 9.47 Å². The van der Waals surface area contributed by atoms with Gasteiger partial charge in [-0.3, -0.25) is 4.79 Å². The van der Waals surface area contributed by atoms with Crippen LogP contribution in [0.15, 0.2) is 60.7 Å². The van der Waals surface area contributed by atoms with Crippen molar-refractivity contribution in [3.63, 3.8) is 0 Å². The molecule has 2 aliphatic rings. The highest BCUT2D eigenvalue weighted by molar-refractivity contribution is 5.71. The summed E-state index contributed by atoms with van der Waals surface area (Å²) in [6.45, 7) is 5.03. The van der Waals surface area contributed by atoms with Crippen LogP contribution in [-0.4, -0.2) is 18.2 Å². The Balaban J connectivity index is 1.44. The molecule has 0 aliphatic heterocycles. The fraction of sp³-hybridized carbons (Fsp3) is 0.441. The van der Waals surface area contributed by atoms with Crippen LogP contribution in [0.3, 0.4) is 0 Å². The number of hydrogen-bond acceptors (Lipinski definition) is 3. The molecule has 2 fully saturated rings. The van der Waals surface area contributed by atoms with E-state index in [1.165, 1.54) is 18.9 Å². The summed E-state index contributed by atoms with van der Waals surface area (Å²) >= 11 is 0. The average Bonchev–Trinajstić information content (AvgIpc) is 3.76. The van der Waals surface area contributed by atoms with Gasteiger partial charge in [-0.05, 0) is 101 Å². The molecule has 5 rings (SSSR count). The van der Waals surface area contributed by atoms with Crippen LogP contribution in [0.4, 0.5) is 4.39 Å². The molecule has 2 atom stereocenters. The minimum atomic E-state index is -0.760. The summed E-state index contributed by atoms with van der Waals surface area (Å²) in [6, 6.07) is 19.1. The molecule has 39 heavy (non-hydrogen) atoms. The van der Waals surface area contributed by atoms with Crippen LogP contribution in [0.2, 0.25) is 0 Å². The highest BCUT2D eigenvalue weighted by Crippen LogP contribution is 2.50. The number of carboxylic acids is 1. The SMILES string of the molecule is COc1ccc(F)c(-c2ccc(COc3cccc([C@H](CC(=O)O)C4CC4)c3)cc2[C@@H]2CCCCC2(C)C)c1. The molecule has 3 aromatic carbocycles. The lowest BCUT2D eigenvalue weighted by molar-refractivity contribution is -0.137. The summed E-state index contributed by atoms with van der Waals surface area (Å²) in [7, 11) is 1.60. The number of rotatable bonds is 10. The molecule has 5 heteroatoms. The van der Waals surface area contributed by atoms with E-state index in [0.717, 1.165) is 53.7 Å². The number of halogens is 1. The van der Waals surface area contributed by atoms with Gasteiger partial charge in [-0.25, -0.2) is 4.39 Å². The van der Waals surface area contributed by atoms with Gasteiger partial charge in [0.05, 0.1) is 13.5 Å². The van der Waals surface area contributed by atoms with Crippen molar-refractivity contribution in [3.05, 3.63) is 83.2 Å². The zero-order valence-corrected chi connectivity index (χ0v) is 23.2. The zero-order chi connectivity index (χ0) is 27.6. The van der Waals surface area contributed by atoms with E-state index in [2.05, 4.69) is 19.9 Å². The summed E-state index contributed by atoms with van der Waals surface area (Å²) in [4.78, 5) is 11.4. The quantitative estimate of drug-likeness (QED) is 0.285. The van der Waals surface area contributed by atoms with E-state index in [9.17, 15) is 9.90 Å². The Morgan fingerprint density at radius 1 is 1.00 bits per heavy atom. The number of methoxy groups -OCH3 is 1. The Labute approximate surface area is 231 Å². The summed E-state index contributed by atoms with van der Waals surface area (Å²) in [5.41, 5.74) is 4.82. The minimum absolute atomic E-state index is 0.0308. The lowest BCUT2D eigenvalue weighted by atomic mass is 9.65. The zero-order valence-electron chi connectivity index (χ0n) is 23.2. The van der Waals surface area contributed by atoms with E-state index in [0.29, 0.717) is 29.8 Å². The minimum Gasteiger partial charge on any atom is -0.497 e. The maximum absolute atomic E-state index is 15.1. The first-order chi connectivity index (χ1) is 18.7. The Hall–Kier alpha value is -3.34. The third kappa shape index (κ3) is 6.29. The van der Waals surface area contributed by atoms with Crippen LogP contribution in [0.1, 0.15) is 87.3 Å². The van der Waals surface area contributed by atoms with E-state index in [4.69, 9.17) is 9.47 Å². The molecule has 0 saturated heterocycles. The molecule has 4 nitrogen and oxygen atoms in total. The first-order valence-electron chi connectivity index (χ1n) is 14.2. The van der Waals surface area contributed by atoms with Gasteiger partial charge in [0.1, 0.15) is 23.9 Å². The van der Waals surface area contributed by atoms with Crippen LogP contribution in [-0.2, 0) is 11.4 Å². The normalized spacial score (nSPS) is 19.3. The van der Waals surface area contributed by atoms with E-state index in [1.807, 2.05) is 36.4 Å². The van der Waals surface area contributed by atoms with Gasteiger partial charge < -0.3 is 14.6 Å². The second kappa shape index (κ2) is 11.4. The summed E-state index contributed by atoms with van der Waals surface area (Å²) < 4.78 is 26.8. The average molecular weight is 531 g/mol. The second-order valence-electron chi connectivity index (χ2n) is 12.0. The Kier molecular flexibility index (Phi) is 7.97. The molecule has 3 aromatic rings. The molecule has 0 heterocycles. The van der Waals surface area contributed by atoms with Crippen molar-refractivity contribution in [2.45, 2.75) is 77.2 Å². The highest BCUT2D eigenvalue weighted by Gasteiger charge is 2.35. The standard InChI is InChI=1S/C34H39FO4/c1-34(2)16-5-4-9-31(34)29-17-22(10-14-27(29)30-19-25(38-3)13-15-32(30)35)21-39-26-8-6-7-24(18-26)28(20-33(36)37)23-11-12-23/h6-8,10,13-15,17-19,23,28,31H,4-5,9,11-12,16,20-21H2,1-3H3,(H,36,37)/t28-,31+/m1/s1. The monoisotopic (exact) mass is 530 g/mol. The predicted octanol–water partition coefficient (Wildman–Crippen LogP) is 8.73. The van der Waals surface area contributed by atoms with Crippen molar-refractivity contribution in [1.82, 2.24) is 0 Å². The van der Waals surface area contributed by atoms with Gasteiger partial charge in [0, 0.05) is 5.56 Å². The van der Waals surface area contributed by atoms with Crippen LogP contribution in [0, 0.1) is 17.2 Å². The van der Waals surface area contributed by atoms with Gasteiger partial charge in [0.15, 0.2) is 0 Å². The fourth-order valence-corrected chi connectivity index (χ4v) is 6.39. The summed E-state index contributed by atoms with van der Waals surface area (Å²) in [6.07, 6.45) is 6.92. The van der Waals surface area contributed by atoms with Gasteiger partial charge in [-0.1, -0.05) is 57.0 Å². The lowest BCUT2D eigenvalue weighted by Gasteiger charge is -2.40. The van der Waals surface area contributed by atoms with Gasteiger partial charge in [-0.15, -0.1) is 0 Å². The summed E-state index contributed by atoms with van der Waals surface area (Å²) in [5, 5.41) is 9.40. The van der Waals surface area contributed by atoms with Crippen molar-refractivity contribution in [2.75, 3.05) is 7.11 Å². The van der Waals surface area contributed by atoms with Crippen LogP contribution >= 0.6 is 0 Å². The molecule has 2 saturated carbocycles. The maximum atomic E-state index is 15.1. The molecule has 0 amide bonds. The largest absolute Gasteiger partial charge is 0.497 e. The van der Waals surface area contributed by atoms with Crippen molar-refractivity contribution in [1.29, 1.82) is 0 Å². The number of carbonyl (C=O) groups is 1. The number of carboxylic acid groups (broad SMARTS) is 1. The van der Waals surface area contributed by atoms with Gasteiger partial charge in [-0.2, -0.15) is 0 Å². The van der Waals surface area contributed by atoms with Gasteiger partial charge >= 0.3 is 5.97 Å². The molecular weight excluding hydrogens is 491 g/mol. The number of aliphatic carboxylic acids is 1. The summed E-state index contributed by atoms with van der Waals surface area (Å²) in [5.74, 6) is 1.16. The molecule has 1 N–H and O–H groups in total. The Morgan fingerprint density at radius 2 is 1.82 bits per heavy atom. The second-order valence-corrected chi connectivity index (χ2v) is 12.0. The molecule has 0 bridgehead atoms. The molecule has 0 aromatic heterocycles. The highest BCUT2D eigenvalue weighted by atomic mass is 19.1. The molecule has 2 aliphatic carbocycles. The van der Waals surface area contributed by atoms with Crippen molar-refractivity contribution in [3.8, 4) is 22.6 Å².